The van der Waals surface area contributed by atoms with Crippen LogP contribution in [0, 0.1) is 0 Å². The lowest BCUT2D eigenvalue weighted by Crippen LogP contribution is -2.11. The zero-order valence-corrected chi connectivity index (χ0v) is 12.1. The smallest absolute Gasteiger partial charge is 0.0758 e. The molecule has 1 atom stereocenters. The third kappa shape index (κ3) is 4.67. The maximum atomic E-state index is 5.88. The summed E-state index contributed by atoms with van der Waals surface area (Å²) in [5.41, 5.74) is 3.71. The van der Waals surface area contributed by atoms with Crippen molar-refractivity contribution in [1.29, 1.82) is 0 Å². The second-order valence-corrected chi connectivity index (χ2v) is 5.08. The van der Waals surface area contributed by atoms with Crippen molar-refractivity contribution in [3.8, 4) is 0 Å². The lowest BCUT2D eigenvalue weighted by molar-refractivity contribution is 0.0747. The average molecular weight is 266 g/mol. The summed E-state index contributed by atoms with van der Waals surface area (Å²) in [6.45, 7) is 6.88. The van der Waals surface area contributed by atoms with Gasteiger partial charge < -0.3 is 4.74 Å². The van der Waals surface area contributed by atoms with Gasteiger partial charge in [0.25, 0.3) is 0 Å². The molecule has 0 saturated carbocycles. The molecule has 0 saturated heterocycles. The molecule has 2 rings (SSSR count). The summed E-state index contributed by atoms with van der Waals surface area (Å²) in [6.07, 6.45) is 2.09. The number of hydrogen-bond acceptors (Lipinski definition) is 1. The molecule has 2 aromatic rings. The number of rotatable bonds is 7. The van der Waals surface area contributed by atoms with Crippen molar-refractivity contribution in [2.75, 3.05) is 0 Å². The maximum absolute atomic E-state index is 5.88. The van der Waals surface area contributed by atoms with Gasteiger partial charge in [-0.3, -0.25) is 0 Å². The van der Waals surface area contributed by atoms with E-state index in [1.807, 2.05) is 24.3 Å². The van der Waals surface area contributed by atoms with Crippen molar-refractivity contribution < 1.29 is 4.74 Å². The van der Waals surface area contributed by atoms with Gasteiger partial charge in [0.15, 0.2) is 0 Å². The van der Waals surface area contributed by atoms with E-state index >= 15 is 0 Å². The first kappa shape index (κ1) is 14.5. The Bertz CT molecular complexity index is 516. The van der Waals surface area contributed by atoms with E-state index < -0.39 is 0 Å². The van der Waals surface area contributed by atoms with Crippen molar-refractivity contribution in [2.24, 2.45) is 0 Å². The highest BCUT2D eigenvalue weighted by Gasteiger charge is 2.07. The van der Waals surface area contributed by atoms with Crippen LogP contribution >= 0.6 is 0 Å². The highest BCUT2D eigenvalue weighted by Crippen LogP contribution is 2.14. The van der Waals surface area contributed by atoms with Gasteiger partial charge in [0, 0.05) is 0 Å². The fraction of sp³-hybridized carbons (Fsp3) is 0.263. The van der Waals surface area contributed by atoms with Gasteiger partial charge in [0.2, 0.25) is 0 Å². The van der Waals surface area contributed by atoms with Crippen molar-refractivity contribution in [3.05, 3.63) is 83.9 Å². The molecule has 2 aromatic carbocycles. The minimum Gasteiger partial charge on any atom is -0.369 e. The number of hydrogen-bond donors (Lipinski definition) is 0. The lowest BCUT2D eigenvalue weighted by atomic mass is 10.0. The molecule has 0 heterocycles. The molecule has 20 heavy (non-hydrogen) atoms. The summed E-state index contributed by atoms with van der Waals surface area (Å²) in [7, 11) is 0. The highest BCUT2D eigenvalue weighted by atomic mass is 16.5. The van der Waals surface area contributed by atoms with E-state index in [9.17, 15) is 0 Å². The molecule has 0 aliphatic heterocycles. The summed E-state index contributed by atoms with van der Waals surface area (Å²) >= 11 is 0. The van der Waals surface area contributed by atoms with Gasteiger partial charge in [-0.05, 0) is 36.5 Å². The first-order valence-electron chi connectivity index (χ1n) is 7.13. The Balaban J connectivity index is 1.75. The van der Waals surface area contributed by atoms with Crippen molar-refractivity contribution >= 4 is 0 Å². The molecule has 0 unspecified atom stereocenters. The van der Waals surface area contributed by atoms with Gasteiger partial charge in [-0.15, -0.1) is 0 Å². The van der Waals surface area contributed by atoms with E-state index in [0.29, 0.717) is 6.61 Å². The Morgan fingerprint density at radius 2 is 1.50 bits per heavy atom. The second kappa shape index (κ2) is 7.66. The van der Waals surface area contributed by atoms with Crippen LogP contribution in [-0.4, -0.2) is 6.10 Å². The summed E-state index contributed by atoms with van der Waals surface area (Å²) < 4.78 is 5.88. The van der Waals surface area contributed by atoms with Crippen LogP contribution in [0.3, 0.4) is 0 Å². The van der Waals surface area contributed by atoms with E-state index in [1.54, 1.807) is 0 Å². The van der Waals surface area contributed by atoms with Gasteiger partial charge >= 0.3 is 0 Å². The van der Waals surface area contributed by atoms with E-state index in [0.717, 1.165) is 18.4 Å². The van der Waals surface area contributed by atoms with E-state index in [-0.39, 0.29) is 6.10 Å². The normalized spacial score (nSPS) is 12.1. The van der Waals surface area contributed by atoms with Crippen LogP contribution in [0.4, 0.5) is 0 Å². The first-order chi connectivity index (χ1) is 9.75. The lowest BCUT2D eigenvalue weighted by Gasteiger charge is -2.16. The summed E-state index contributed by atoms with van der Waals surface area (Å²) in [6, 6.07) is 20.8. The van der Waals surface area contributed by atoms with Gasteiger partial charge in [-0.2, -0.15) is 0 Å². The molecule has 0 amide bonds. The Labute approximate surface area is 121 Å². The quantitative estimate of drug-likeness (QED) is 0.655. The summed E-state index contributed by atoms with van der Waals surface area (Å²) in [5.74, 6) is 0. The number of aryl methyl sites for hydroxylation is 1. The fourth-order valence-electron chi connectivity index (χ4n) is 2.07. The minimum absolute atomic E-state index is 0.0962. The Kier molecular flexibility index (Phi) is 5.57. The van der Waals surface area contributed by atoms with Crippen LogP contribution in [0.15, 0.2) is 72.8 Å². The average Bonchev–Trinajstić information content (AvgIpc) is 2.52. The van der Waals surface area contributed by atoms with Crippen molar-refractivity contribution in [2.45, 2.75) is 32.5 Å². The molecular weight excluding hydrogens is 244 g/mol. The largest absolute Gasteiger partial charge is 0.369 e. The van der Waals surface area contributed by atoms with E-state index in [4.69, 9.17) is 4.74 Å². The molecule has 1 nitrogen and oxygen atoms in total. The van der Waals surface area contributed by atoms with E-state index in [1.165, 1.54) is 11.1 Å². The van der Waals surface area contributed by atoms with Crippen LogP contribution in [0.25, 0.3) is 0 Å². The molecule has 0 fully saturated rings. The monoisotopic (exact) mass is 266 g/mol. The molecule has 0 spiro atoms. The third-order valence-electron chi connectivity index (χ3n) is 3.50. The summed E-state index contributed by atoms with van der Waals surface area (Å²) in [5, 5.41) is 0. The molecule has 0 aliphatic rings. The molecule has 104 valence electrons. The summed E-state index contributed by atoms with van der Waals surface area (Å²) in [4.78, 5) is 0. The van der Waals surface area contributed by atoms with Gasteiger partial charge in [-0.1, -0.05) is 67.2 Å². The van der Waals surface area contributed by atoms with Crippen molar-refractivity contribution in [3.63, 3.8) is 0 Å². The predicted octanol–water partition coefficient (Wildman–Crippen LogP) is 4.78. The van der Waals surface area contributed by atoms with Crippen LogP contribution < -0.4 is 0 Å². The molecule has 1 heteroatoms. The minimum atomic E-state index is 0.0962. The molecule has 0 N–H and O–H groups in total. The predicted molar refractivity (Wildman–Crippen MR) is 84.6 cm³/mol. The topological polar surface area (TPSA) is 9.23 Å². The molecule has 0 radical (unpaired) electrons. The van der Waals surface area contributed by atoms with Crippen LogP contribution in [0.1, 0.15) is 24.5 Å². The number of benzene rings is 2. The maximum Gasteiger partial charge on any atom is 0.0758 e. The number of ether oxygens (including phenoxy) is 1. The molecule has 0 aromatic heterocycles. The zero-order valence-electron chi connectivity index (χ0n) is 12.1. The van der Waals surface area contributed by atoms with Gasteiger partial charge in [-0.25, -0.2) is 0 Å². The zero-order chi connectivity index (χ0) is 14.2. The Hall–Kier alpha value is -1.86. The fourth-order valence-corrected chi connectivity index (χ4v) is 2.07. The van der Waals surface area contributed by atoms with E-state index in [2.05, 4.69) is 49.9 Å². The highest BCUT2D eigenvalue weighted by molar-refractivity contribution is 5.17. The molecular formula is C19H22O. The van der Waals surface area contributed by atoms with Crippen molar-refractivity contribution in [1.82, 2.24) is 0 Å². The van der Waals surface area contributed by atoms with Gasteiger partial charge in [0.05, 0.1) is 12.7 Å². The standard InChI is InChI=1S/C19H22O/c1-16(13-14-18-9-5-3-6-10-18)17(2)20-15-19-11-7-4-8-12-19/h3-12,17H,1,13-15H2,2H3/t17-/m0/s1. The molecule has 0 bridgehead atoms. The Morgan fingerprint density at radius 3 is 2.10 bits per heavy atom. The van der Waals surface area contributed by atoms with Gasteiger partial charge in [0.1, 0.15) is 0 Å². The third-order valence-corrected chi connectivity index (χ3v) is 3.50. The van der Waals surface area contributed by atoms with Crippen LogP contribution in [0.2, 0.25) is 0 Å². The van der Waals surface area contributed by atoms with Crippen LogP contribution in [0.5, 0.6) is 0 Å². The van der Waals surface area contributed by atoms with Crippen LogP contribution in [-0.2, 0) is 17.8 Å². The SMILES string of the molecule is C=C(CCc1ccccc1)[C@H](C)OCc1ccccc1. The second-order valence-electron chi connectivity index (χ2n) is 5.08. The Morgan fingerprint density at radius 1 is 0.950 bits per heavy atom. The molecule has 0 aliphatic carbocycles. The first-order valence-corrected chi connectivity index (χ1v) is 7.13.